The molecule has 0 spiro atoms. The van der Waals surface area contributed by atoms with E-state index >= 15 is 4.39 Å². The number of nitrogens with one attached hydrogen (secondary N) is 1. The lowest BCUT2D eigenvalue weighted by atomic mass is 10.1. The van der Waals surface area contributed by atoms with E-state index in [2.05, 4.69) is 20.4 Å². The molecule has 1 unspecified atom stereocenters. The molecule has 1 aliphatic rings. The molecule has 0 saturated carbocycles. The van der Waals surface area contributed by atoms with Crippen LogP contribution in [0.1, 0.15) is 0 Å². The number of hydrogen-bond donors (Lipinski definition) is 1. The highest BCUT2D eigenvalue weighted by Crippen LogP contribution is 2.36. The fraction of sp³-hybridized carbons (Fsp3) is 0.381. The first-order valence-corrected chi connectivity index (χ1v) is 10.3. The van der Waals surface area contributed by atoms with Crippen LogP contribution in [0.5, 0.6) is 5.88 Å². The van der Waals surface area contributed by atoms with Crippen molar-refractivity contribution in [2.75, 3.05) is 39.2 Å². The summed E-state index contributed by atoms with van der Waals surface area (Å²) in [6.45, 7) is -0.712. The summed E-state index contributed by atoms with van der Waals surface area (Å²) < 4.78 is 64.7. The SMILES string of the molecule is COc1nc(NC2CN(C)CC2(F)F)nn2cc(F)c(-c3ccc4ncn(CCF)c4c3)c12. The first-order chi connectivity index (χ1) is 15.8. The smallest absolute Gasteiger partial charge is 0.281 e. The largest absolute Gasteiger partial charge is 0.479 e. The molecule has 33 heavy (non-hydrogen) atoms. The second-order valence-corrected chi connectivity index (χ2v) is 8.08. The minimum atomic E-state index is -2.97. The van der Waals surface area contributed by atoms with Crippen molar-refractivity contribution in [2.45, 2.75) is 18.5 Å². The topological polar surface area (TPSA) is 72.5 Å². The molecule has 1 aliphatic heterocycles. The summed E-state index contributed by atoms with van der Waals surface area (Å²) in [6, 6.07) is 3.91. The second kappa shape index (κ2) is 7.87. The lowest BCUT2D eigenvalue weighted by Gasteiger charge is -2.19. The molecule has 1 N–H and O–H groups in total. The molecular formula is C21H21F4N7O. The van der Waals surface area contributed by atoms with Gasteiger partial charge < -0.3 is 14.6 Å². The van der Waals surface area contributed by atoms with Gasteiger partial charge in [-0.1, -0.05) is 6.07 Å². The number of ether oxygens (including phenoxy) is 1. The van der Waals surface area contributed by atoms with Gasteiger partial charge in [0, 0.05) is 6.54 Å². The summed E-state index contributed by atoms with van der Waals surface area (Å²) in [5.74, 6) is -3.64. The molecule has 0 radical (unpaired) electrons. The number of halogens is 4. The lowest BCUT2D eigenvalue weighted by Crippen LogP contribution is -2.38. The lowest BCUT2D eigenvalue weighted by molar-refractivity contribution is 0.00583. The Morgan fingerprint density at radius 1 is 1.30 bits per heavy atom. The molecule has 5 rings (SSSR count). The van der Waals surface area contributed by atoms with E-state index in [1.165, 1.54) is 22.9 Å². The normalized spacial score (nSPS) is 18.4. The standard InChI is InChI=1S/C21H21F4N7O/c1-30-9-16(21(24,25)10-30)27-20-28-19(33-2)18-17(13(23)8-32(18)29-20)12-3-4-14-15(7-12)31(6-5-22)11-26-14/h3-4,7-8,11,16H,5-6,9-10H2,1-2H3,(H,27,29). The monoisotopic (exact) mass is 463 g/mol. The minimum Gasteiger partial charge on any atom is -0.479 e. The maximum absolute atomic E-state index is 15.1. The van der Waals surface area contributed by atoms with Gasteiger partial charge in [-0.25, -0.2) is 27.1 Å². The predicted octanol–water partition coefficient (Wildman–Crippen LogP) is 3.22. The van der Waals surface area contributed by atoms with Crippen LogP contribution in [0.2, 0.25) is 0 Å². The van der Waals surface area contributed by atoms with Gasteiger partial charge in [0.25, 0.3) is 5.92 Å². The van der Waals surface area contributed by atoms with Gasteiger partial charge in [-0.15, -0.1) is 5.10 Å². The van der Waals surface area contributed by atoms with E-state index in [9.17, 15) is 13.2 Å². The van der Waals surface area contributed by atoms with Crippen LogP contribution < -0.4 is 10.1 Å². The summed E-state index contributed by atoms with van der Waals surface area (Å²) in [5.41, 5.74) is 2.21. The Bertz CT molecular complexity index is 1340. The number of imidazole rings is 1. The summed E-state index contributed by atoms with van der Waals surface area (Å²) >= 11 is 0. The number of nitrogens with zero attached hydrogens (tertiary/aromatic N) is 6. The molecule has 1 saturated heterocycles. The van der Waals surface area contributed by atoms with Gasteiger partial charge in [0.1, 0.15) is 18.2 Å². The zero-order chi connectivity index (χ0) is 23.3. The third-order valence-corrected chi connectivity index (χ3v) is 5.77. The number of hydrogen-bond acceptors (Lipinski definition) is 6. The van der Waals surface area contributed by atoms with Gasteiger partial charge in [0.05, 0.1) is 49.3 Å². The first kappa shape index (κ1) is 21.4. The van der Waals surface area contributed by atoms with Crippen LogP contribution in [-0.2, 0) is 6.54 Å². The summed E-state index contributed by atoms with van der Waals surface area (Å²) in [4.78, 5) is 9.96. The maximum Gasteiger partial charge on any atom is 0.281 e. The van der Waals surface area contributed by atoms with Crippen LogP contribution in [-0.4, -0.2) is 74.9 Å². The molecule has 0 aliphatic carbocycles. The van der Waals surface area contributed by atoms with Crippen molar-refractivity contribution in [2.24, 2.45) is 0 Å². The van der Waals surface area contributed by atoms with Crippen LogP contribution in [0.25, 0.3) is 27.7 Å². The zero-order valence-electron chi connectivity index (χ0n) is 17.9. The van der Waals surface area contributed by atoms with Crippen LogP contribution in [0.15, 0.2) is 30.7 Å². The van der Waals surface area contributed by atoms with Crippen molar-refractivity contribution >= 4 is 22.5 Å². The van der Waals surface area contributed by atoms with E-state index < -0.39 is 24.5 Å². The van der Waals surface area contributed by atoms with Gasteiger partial charge in [-0.05, 0) is 24.7 Å². The van der Waals surface area contributed by atoms with Crippen molar-refractivity contribution < 1.29 is 22.3 Å². The van der Waals surface area contributed by atoms with E-state index in [0.29, 0.717) is 16.6 Å². The van der Waals surface area contributed by atoms with E-state index in [1.54, 1.807) is 29.8 Å². The number of fused-ring (bicyclic) bond motifs is 2. The van der Waals surface area contributed by atoms with Crippen molar-refractivity contribution in [3.05, 3.63) is 36.5 Å². The summed E-state index contributed by atoms with van der Waals surface area (Å²) in [6.07, 6.45) is 2.67. The Labute approximate surface area is 185 Å². The summed E-state index contributed by atoms with van der Waals surface area (Å²) in [7, 11) is 2.96. The van der Waals surface area contributed by atoms with Gasteiger partial charge in [-0.2, -0.15) is 4.98 Å². The number of anilines is 1. The van der Waals surface area contributed by atoms with Crippen molar-refractivity contribution in [1.82, 2.24) is 29.0 Å². The Balaban J connectivity index is 1.59. The molecule has 1 aromatic carbocycles. The molecule has 12 heteroatoms. The van der Waals surface area contributed by atoms with Crippen LogP contribution in [0, 0.1) is 5.82 Å². The number of methoxy groups -OCH3 is 1. The number of aromatic nitrogens is 5. The van der Waals surface area contributed by atoms with Gasteiger partial charge in [0.2, 0.25) is 11.8 Å². The first-order valence-electron chi connectivity index (χ1n) is 10.3. The number of alkyl halides is 3. The van der Waals surface area contributed by atoms with Crippen LogP contribution in [0.3, 0.4) is 0 Å². The molecule has 174 valence electrons. The van der Waals surface area contributed by atoms with E-state index in [0.717, 1.165) is 6.20 Å². The van der Waals surface area contributed by atoms with Gasteiger partial charge >= 0.3 is 0 Å². The van der Waals surface area contributed by atoms with Crippen molar-refractivity contribution in [3.63, 3.8) is 0 Å². The molecule has 4 heterocycles. The molecule has 4 aromatic rings. The highest BCUT2D eigenvalue weighted by Gasteiger charge is 2.47. The van der Waals surface area contributed by atoms with Gasteiger partial charge in [0.15, 0.2) is 5.82 Å². The molecule has 1 fully saturated rings. The highest BCUT2D eigenvalue weighted by atomic mass is 19.3. The molecule has 1 atom stereocenters. The van der Waals surface area contributed by atoms with E-state index in [1.807, 2.05) is 0 Å². The predicted molar refractivity (Wildman–Crippen MR) is 114 cm³/mol. The third-order valence-electron chi connectivity index (χ3n) is 5.77. The molecule has 0 amide bonds. The fourth-order valence-corrected chi connectivity index (χ4v) is 4.27. The van der Waals surface area contributed by atoms with E-state index in [4.69, 9.17) is 4.74 Å². The Morgan fingerprint density at radius 3 is 2.82 bits per heavy atom. The number of aryl methyl sites for hydroxylation is 1. The average Bonchev–Trinajstić information content (AvgIpc) is 3.39. The molecule has 0 bridgehead atoms. The van der Waals surface area contributed by atoms with Crippen LogP contribution >= 0.6 is 0 Å². The Morgan fingerprint density at radius 2 is 2.12 bits per heavy atom. The number of likely N-dealkylation sites (tertiary alicyclic amines) is 1. The zero-order valence-corrected chi connectivity index (χ0v) is 17.9. The third kappa shape index (κ3) is 3.63. The van der Waals surface area contributed by atoms with Crippen molar-refractivity contribution in [3.8, 4) is 17.0 Å². The number of likely N-dealkylation sites (N-methyl/N-ethyl adjacent to an activating group) is 1. The molecular weight excluding hydrogens is 442 g/mol. The van der Waals surface area contributed by atoms with E-state index in [-0.39, 0.29) is 42.5 Å². The average molecular weight is 463 g/mol. The molecule has 8 nitrogen and oxygen atoms in total. The quantitative estimate of drug-likeness (QED) is 0.443. The molecule has 3 aromatic heterocycles. The maximum atomic E-state index is 15.1. The second-order valence-electron chi connectivity index (χ2n) is 8.08. The number of rotatable bonds is 6. The van der Waals surface area contributed by atoms with Crippen LogP contribution in [0.4, 0.5) is 23.5 Å². The van der Waals surface area contributed by atoms with Gasteiger partial charge in [-0.3, -0.25) is 4.90 Å². The fourth-order valence-electron chi connectivity index (χ4n) is 4.27. The van der Waals surface area contributed by atoms with Crippen molar-refractivity contribution in [1.29, 1.82) is 0 Å². The number of benzene rings is 1. The highest BCUT2D eigenvalue weighted by molar-refractivity contribution is 5.90. The summed E-state index contributed by atoms with van der Waals surface area (Å²) in [5, 5.41) is 6.85. The Kier molecular flexibility index (Phi) is 5.11. The Hall–Kier alpha value is -3.41. The minimum absolute atomic E-state index is 0.0263.